The van der Waals surface area contributed by atoms with E-state index in [0.29, 0.717) is 5.56 Å². The Morgan fingerprint density at radius 1 is 1.00 bits per heavy atom. The van der Waals surface area contributed by atoms with E-state index < -0.39 is 0 Å². The number of carbonyl (C=O) groups is 2. The van der Waals surface area contributed by atoms with Gasteiger partial charge in [0.05, 0.1) is 17.7 Å². The maximum atomic E-state index is 11.7. The Hall–Kier alpha value is -2.80. The number of amides is 2. The molecule has 0 aliphatic rings. The number of phenols is 1. The lowest BCUT2D eigenvalue weighted by Gasteiger charge is -2.04. The van der Waals surface area contributed by atoms with Crippen molar-refractivity contribution in [2.75, 3.05) is 16.8 Å². The summed E-state index contributed by atoms with van der Waals surface area (Å²) in [5.41, 5.74) is 3.58. The molecule has 0 spiro atoms. The second-order valence-electron chi connectivity index (χ2n) is 4.76. The molecule has 2 amide bonds. The molecule has 24 heavy (non-hydrogen) atoms. The third kappa shape index (κ3) is 6.13. The van der Waals surface area contributed by atoms with Crippen molar-refractivity contribution in [3.8, 4) is 5.75 Å². The zero-order chi connectivity index (χ0) is 17.2. The zero-order valence-electron chi connectivity index (χ0n) is 12.8. The summed E-state index contributed by atoms with van der Waals surface area (Å²) in [5, 5.41) is 16.1. The van der Waals surface area contributed by atoms with E-state index >= 15 is 0 Å². The fraction of sp³-hybridized carbons (Fsp3) is 0.118. The minimum absolute atomic E-state index is 0.0856. The third-order valence-corrected chi connectivity index (χ3v) is 3.79. The number of hydrazone groups is 1. The number of phenolic OH excluding ortho intramolecular Hbond substituents is 1. The number of anilines is 1. The minimum atomic E-state index is -0.320. The third-order valence-electron chi connectivity index (χ3n) is 2.85. The maximum Gasteiger partial charge on any atom is 0.250 e. The first-order chi connectivity index (χ1) is 11.6. The number of hydrogen-bond donors (Lipinski definition) is 3. The molecule has 0 bridgehead atoms. The summed E-state index contributed by atoms with van der Waals surface area (Å²) >= 11 is 1.19. The van der Waals surface area contributed by atoms with Crippen LogP contribution in [0.2, 0.25) is 0 Å². The Kier molecular flexibility index (Phi) is 6.85. The van der Waals surface area contributed by atoms with E-state index in [2.05, 4.69) is 15.8 Å². The van der Waals surface area contributed by atoms with Gasteiger partial charge in [0, 0.05) is 11.3 Å². The van der Waals surface area contributed by atoms with E-state index in [9.17, 15) is 14.7 Å². The van der Waals surface area contributed by atoms with Crippen LogP contribution in [0.25, 0.3) is 0 Å². The molecule has 0 saturated carbocycles. The number of nitrogens with one attached hydrogen (secondary N) is 2. The van der Waals surface area contributed by atoms with E-state index in [1.54, 1.807) is 30.3 Å². The number of rotatable bonds is 7. The van der Waals surface area contributed by atoms with Crippen molar-refractivity contribution in [3.63, 3.8) is 0 Å². The first-order valence-corrected chi connectivity index (χ1v) is 8.33. The van der Waals surface area contributed by atoms with Crippen molar-refractivity contribution >= 4 is 35.5 Å². The Morgan fingerprint density at radius 3 is 2.42 bits per heavy atom. The van der Waals surface area contributed by atoms with Gasteiger partial charge in [0.1, 0.15) is 5.75 Å². The molecule has 0 aliphatic heterocycles. The summed E-state index contributed by atoms with van der Waals surface area (Å²) < 4.78 is 0. The molecule has 0 atom stereocenters. The van der Waals surface area contributed by atoms with Crippen molar-refractivity contribution in [1.29, 1.82) is 0 Å². The molecule has 0 radical (unpaired) electrons. The molecular weight excluding hydrogens is 326 g/mol. The number of aromatic hydroxyl groups is 1. The van der Waals surface area contributed by atoms with Crippen molar-refractivity contribution < 1.29 is 14.7 Å². The standard InChI is InChI=1S/C17H17N3O3S/c21-15-9-5-4-6-13(15)10-18-20-17(23)12-24-11-16(22)19-14-7-2-1-3-8-14/h1-10,21H,11-12H2,(H,19,22)(H,20,23). The number of thioether (sulfide) groups is 1. The molecule has 124 valence electrons. The molecule has 0 aromatic heterocycles. The van der Waals surface area contributed by atoms with Gasteiger partial charge in [-0.25, -0.2) is 5.43 Å². The van der Waals surface area contributed by atoms with Crippen molar-refractivity contribution in [2.24, 2.45) is 5.10 Å². The summed E-state index contributed by atoms with van der Waals surface area (Å²) in [4.78, 5) is 23.3. The lowest BCUT2D eigenvalue weighted by Crippen LogP contribution is -2.21. The Bertz CT molecular complexity index is 720. The van der Waals surface area contributed by atoms with Gasteiger partial charge in [-0.1, -0.05) is 30.3 Å². The number of hydrogen-bond acceptors (Lipinski definition) is 5. The lowest BCUT2D eigenvalue weighted by molar-refractivity contribution is -0.118. The molecule has 2 rings (SSSR count). The second kappa shape index (κ2) is 9.36. The van der Waals surface area contributed by atoms with Crippen molar-refractivity contribution in [1.82, 2.24) is 5.43 Å². The van der Waals surface area contributed by atoms with Crippen molar-refractivity contribution in [2.45, 2.75) is 0 Å². The largest absolute Gasteiger partial charge is 0.507 e. The summed E-state index contributed by atoms with van der Waals surface area (Å²) in [6.07, 6.45) is 1.36. The topological polar surface area (TPSA) is 90.8 Å². The van der Waals surface area contributed by atoms with Crippen LogP contribution in [0, 0.1) is 0 Å². The van der Waals surface area contributed by atoms with Gasteiger partial charge in [0.2, 0.25) is 11.8 Å². The fourth-order valence-corrected chi connectivity index (χ4v) is 2.37. The molecule has 2 aromatic rings. The first kappa shape index (κ1) is 17.6. The summed E-state index contributed by atoms with van der Waals surface area (Å²) in [6.45, 7) is 0. The van der Waals surface area contributed by atoms with Gasteiger partial charge in [-0.2, -0.15) is 5.10 Å². The molecule has 7 heteroatoms. The highest BCUT2D eigenvalue weighted by molar-refractivity contribution is 8.00. The van der Waals surface area contributed by atoms with Gasteiger partial charge in [0.25, 0.3) is 0 Å². The van der Waals surface area contributed by atoms with Gasteiger partial charge >= 0.3 is 0 Å². The molecule has 3 N–H and O–H groups in total. The quantitative estimate of drug-likeness (QED) is 0.531. The Morgan fingerprint density at radius 2 is 1.67 bits per heavy atom. The SMILES string of the molecule is O=C(CSCC(=O)Nc1ccccc1)NN=Cc1ccccc1O. The van der Waals surface area contributed by atoms with Gasteiger partial charge in [0.15, 0.2) is 0 Å². The number of benzene rings is 2. The van der Waals surface area contributed by atoms with E-state index in [-0.39, 0.29) is 29.1 Å². The van der Waals surface area contributed by atoms with E-state index in [0.717, 1.165) is 5.69 Å². The number of para-hydroxylation sites is 2. The highest BCUT2D eigenvalue weighted by Crippen LogP contribution is 2.12. The summed E-state index contributed by atoms with van der Waals surface area (Å²) in [6, 6.07) is 15.8. The predicted octanol–water partition coefficient (Wildman–Crippen LogP) is 2.21. The summed E-state index contributed by atoms with van der Waals surface area (Å²) in [5.74, 6) is -0.121. The van der Waals surface area contributed by atoms with E-state index in [1.165, 1.54) is 24.0 Å². The number of nitrogens with zero attached hydrogens (tertiary/aromatic N) is 1. The monoisotopic (exact) mass is 343 g/mol. The average molecular weight is 343 g/mol. The van der Waals surface area contributed by atoms with Gasteiger partial charge in [-0.15, -0.1) is 11.8 Å². The Balaban J connectivity index is 1.66. The Labute approximate surface area is 144 Å². The molecular formula is C17H17N3O3S. The molecule has 0 aliphatic carbocycles. The normalized spacial score (nSPS) is 10.5. The van der Waals surface area contributed by atoms with Gasteiger partial charge < -0.3 is 10.4 Å². The van der Waals surface area contributed by atoms with Crippen LogP contribution < -0.4 is 10.7 Å². The zero-order valence-corrected chi connectivity index (χ0v) is 13.6. The van der Waals surface area contributed by atoms with Crippen LogP contribution in [0.3, 0.4) is 0 Å². The van der Waals surface area contributed by atoms with Gasteiger partial charge in [-0.3, -0.25) is 9.59 Å². The van der Waals surface area contributed by atoms with Crippen LogP contribution in [-0.4, -0.2) is 34.6 Å². The van der Waals surface area contributed by atoms with Crippen LogP contribution >= 0.6 is 11.8 Å². The molecule has 0 fully saturated rings. The predicted molar refractivity (Wildman–Crippen MR) is 96.2 cm³/mol. The molecule has 6 nitrogen and oxygen atoms in total. The molecule has 2 aromatic carbocycles. The highest BCUT2D eigenvalue weighted by Gasteiger charge is 2.05. The van der Waals surface area contributed by atoms with Crippen LogP contribution in [0.1, 0.15) is 5.56 Å². The van der Waals surface area contributed by atoms with Crippen LogP contribution in [0.4, 0.5) is 5.69 Å². The van der Waals surface area contributed by atoms with E-state index in [1.807, 2.05) is 18.2 Å². The number of carbonyl (C=O) groups excluding carboxylic acids is 2. The maximum absolute atomic E-state index is 11.7. The minimum Gasteiger partial charge on any atom is -0.507 e. The smallest absolute Gasteiger partial charge is 0.250 e. The molecule has 0 saturated heterocycles. The van der Waals surface area contributed by atoms with Crippen LogP contribution in [-0.2, 0) is 9.59 Å². The molecule has 0 heterocycles. The molecule has 0 unspecified atom stereocenters. The lowest BCUT2D eigenvalue weighted by atomic mass is 10.2. The first-order valence-electron chi connectivity index (χ1n) is 7.17. The average Bonchev–Trinajstić information content (AvgIpc) is 2.57. The van der Waals surface area contributed by atoms with Crippen LogP contribution in [0.5, 0.6) is 5.75 Å². The fourth-order valence-electron chi connectivity index (χ4n) is 1.76. The highest BCUT2D eigenvalue weighted by atomic mass is 32.2. The van der Waals surface area contributed by atoms with Crippen molar-refractivity contribution in [3.05, 3.63) is 60.2 Å². The second-order valence-corrected chi connectivity index (χ2v) is 5.74. The summed E-state index contributed by atoms with van der Waals surface area (Å²) in [7, 11) is 0. The van der Waals surface area contributed by atoms with Crippen LogP contribution in [0.15, 0.2) is 59.7 Å². The van der Waals surface area contributed by atoms with E-state index in [4.69, 9.17) is 0 Å². The van der Waals surface area contributed by atoms with Gasteiger partial charge in [-0.05, 0) is 24.3 Å².